The van der Waals surface area contributed by atoms with Crippen LogP contribution in [0.2, 0.25) is 0 Å². The molecule has 0 saturated heterocycles. The fourth-order valence-corrected chi connectivity index (χ4v) is 3.88. The van der Waals surface area contributed by atoms with Crippen molar-refractivity contribution in [2.75, 3.05) is 10.2 Å². The number of rotatable bonds is 4. The minimum atomic E-state index is -0.531. The maximum atomic E-state index is 13.2. The highest BCUT2D eigenvalue weighted by Crippen LogP contribution is 2.43. The molecule has 0 radical (unpaired) electrons. The summed E-state index contributed by atoms with van der Waals surface area (Å²) in [5.74, 6) is -0.449. The van der Waals surface area contributed by atoms with Gasteiger partial charge in [-0.05, 0) is 42.3 Å². The number of nitrogens with zero attached hydrogens (tertiary/aromatic N) is 2. The van der Waals surface area contributed by atoms with Crippen LogP contribution < -0.4 is 16.0 Å². The Kier molecular flexibility index (Phi) is 5.12. The van der Waals surface area contributed by atoms with Crippen LogP contribution in [0.4, 0.5) is 15.9 Å². The monoisotopic (exact) mass is 370 g/mol. The summed E-state index contributed by atoms with van der Waals surface area (Å²) in [6.07, 6.45) is 1.92. The predicted octanol–water partition coefficient (Wildman–Crippen LogP) is 3.25. The summed E-state index contributed by atoms with van der Waals surface area (Å²) in [6.45, 7) is 5.62. The molecule has 1 aromatic heterocycles. The molecule has 0 spiro atoms. The number of primary amides is 1. The van der Waals surface area contributed by atoms with Crippen molar-refractivity contribution >= 4 is 23.3 Å². The minimum absolute atomic E-state index is 0.0209. The number of nitrogens with two attached hydrogens (primary N) is 1. The zero-order valence-corrected chi connectivity index (χ0v) is 15.6. The molecule has 3 N–H and O–H groups in total. The molecular weight excluding hydrogens is 347 g/mol. The Bertz CT molecular complexity index is 869. The van der Waals surface area contributed by atoms with Gasteiger partial charge in [0, 0.05) is 30.1 Å². The predicted molar refractivity (Wildman–Crippen MR) is 102 cm³/mol. The summed E-state index contributed by atoms with van der Waals surface area (Å²) in [6, 6.07) is 7.79. The van der Waals surface area contributed by atoms with Gasteiger partial charge in [0.2, 0.25) is 11.8 Å². The Hall–Kier alpha value is -2.96. The van der Waals surface area contributed by atoms with Crippen LogP contribution in [-0.2, 0) is 4.79 Å². The number of hydrogen-bond donors (Lipinski definition) is 2. The first-order valence-corrected chi connectivity index (χ1v) is 8.95. The number of carbonyl (C=O) groups is 2. The molecule has 1 aromatic carbocycles. The number of fused-ring (bicyclic) bond motifs is 1. The number of anilines is 2. The van der Waals surface area contributed by atoms with Crippen LogP contribution in [0.15, 0.2) is 36.5 Å². The van der Waals surface area contributed by atoms with Gasteiger partial charge in [-0.15, -0.1) is 0 Å². The largest absolute Gasteiger partial charge is 0.366 e. The average molecular weight is 370 g/mol. The molecule has 0 unspecified atom stereocenters. The smallest absolute Gasteiger partial charge is 0.248 e. The summed E-state index contributed by atoms with van der Waals surface area (Å²) >= 11 is 0. The quantitative estimate of drug-likeness (QED) is 0.865. The van der Waals surface area contributed by atoms with Gasteiger partial charge in [0.15, 0.2) is 0 Å². The number of hydrogen-bond acceptors (Lipinski definition) is 4. The lowest BCUT2D eigenvalue weighted by Crippen LogP contribution is -2.49. The Morgan fingerprint density at radius 1 is 1.30 bits per heavy atom. The van der Waals surface area contributed by atoms with Crippen LogP contribution in [0.1, 0.15) is 49.2 Å². The van der Waals surface area contributed by atoms with E-state index in [4.69, 9.17) is 5.73 Å². The lowest BCUT2D eigenvalue weighted by Gasteiger charge is -2.45. The number of carbonyl (C=O) groups excluding carboxylic acids is 2. The molecule has 1 aliphatic rings. The van der Waals surface area contributed by atoms with Gasteiger partial charge in [0.1, 0.15) is 11.6 Å². The molecule has 2 aromatic rings. The molecule has 142 valence electrons. The van der Waals surface area contributed by atoms with Crippen molar-refractivity contribution < 1.29 is 14.0 Å². The first kappa shape index (κ1) is 18.8. The van der Waals surface area contributed by atoms with E-state index in [9.17, 15) is 14.0 Å². The zero-order chi connectivity index (χ0) is 19.7. The van der Waals surface area contributed by atoms with Crippen molar-refractivity contribution in [3.8, 4) is 0 Å². The molecule has 2 amide bonds. The van der Waals surface area contributed by atoms with Crippen molar-refractivity contribution in [3.63, 3.8) is 0 Å². The number of pyridine rings is 1. The summed E-state index contributed by atoms with van der Waals surface area (Å²) in [7, 11) is 0. The molecule has 0 saturated carbocycles. The standard InChI is InChI=1S/C20H23FN4O2/c1-4-16-11(2)19(24-18-8-6-14(21)10-23-18)15-9-13(20(22)27)5-7-17(15)25(16)12(3)26/h5-11,16,19H,4H2,1-3H3,(H2,22,27)(H,23,24)/t11-,16-,19+/m0/s1. The van der Waals surface area contributed by atoms with E-state index in [0.29, 0.717) is 11.4 Å². The van der Waals surface area contributed by atoms with E-state index in [1.165, 1.54) is 13.0 Å². The number of aromatic nitrogens is 1. The van der Waals surface area contributed by atoms with Crippen molar-refractivity contribution in [3.05, 3.63) is 53.5 Å². The van der Waals surface area contributed by atoms with Crippen LogP contribution in [0, 0.1) is 11.7 Å². The van der Waals surface area contributed by atoms with E-state index in [1.54, 1.807) is 29.2 Å². The summed E-state index contributed by atoms with van der Waals surface area (Å²) in [5, 5.41) is 3.34. The van der Waals surface area contributed by atoms with Gasteiger partial charge >= 0.3 is 0 Å². The normalized spacial score (nSPS) is 21.5. The third kappa shape index (κ3) is 3.49. The van der Waals surface area contributed by atoms with Crippen LogP contribution >= 0.6 is 0 Å². The van der Waals surface area contributed by atoms with E-state index in [2.05, 4.69) is 10.3 Å². The molecule has 0 bridgehead atoms. The lowest BCUT2D eigenvalue weighted by atomic mass is 9.80. The van der Waals surface area contributed by atoms with Gasteiger partial charge in [-0.25, -0.2) is 9.37 Å². The van der Waals surface area contributed by atoms with E-state index in [1.807, 2.05) is 13.8 Å². The summed E-state index contributed by atoms with van der Waals surface area (Å²) in [5.41, 5.74) is 7.37. The van der Waals surface area contributed by atoms with Gasteiger partial charge in [0.05, 0.1) is 12.2 Å². The molecular formula is C20H23FN4O2. The lowest BCUT2D eigenvalue weighted by molar-refractivity contribution is -0.117. The third-order valence-corrected chi connectivity index (χ3v) is 5.16. The van der Waals surface area contributed by atoms with E-state index in [-0.39, 0.29) is 23.9 Å². The minimum Gasteiger partial charge on any atom is -0.366 e. The maximum absolute atomic E-state index is 13.2. The highest BCUT2D eigenvalue weighted by atomic mass is 19.1. The van der Waals surface area contributed by atoms with Crippen LogP contribution in [-0.4, -0.2) is 22.8 Å². The SMILES string of the molecule is CC[C@H]1[C@H](C)[C@@H](Nc2ccc(F)cn2)c2cc(C(N)=O)ccc2N1C(C)=O. The van der Waals surface area contributed by atoms with Crippen LogP contribution in [0.25, 0.3) is 0 Å². The van der Waals surface area contributed by atoms with Gasteiger partial charge in [0.25, 0.3) is 0 Å². The fraction of sp³-hybridized carbons (Fsp3) is 0.350. The number of halogens is 1. The van der Waals surface area contributed by atoms with Crippen molar-refractivity contribution in [1.82, 2.24) is 4.98 Å². The Labute approximate surface area is 157 Å². The second-order valence-corrected chi connectivity index (χ2v) is 6.85. The molecule has 0 aliphatic carbocycles. The van der Waals surface area contributed by atoms with Crippen LogP contribution in [0.5, 0.6) is 0 Å². The third-order valence-electron chi connectivity index (χ3n) is 5.16. The second kappa shape index (κ2) is 7.34. The molecule has 1 aliphatic heterocycles. The van der Waals surface area contributed by atoms with Crippen molar-refractivity contribution in [2.45, 2.75) is 39.3 Å². The molecule has 3 atom stereocenters. The van der Waals surface area contributed by atoms with E-state index >= 15 is 0 Å². The van der Waals surface area contributed by atoms with Gasteiger partial charge < -0.3 is 16.0 Å². The second-order valence-electron chi connectivity index (χ2n) is 6.85. The highest BCUT2D eigenvalue weighted by molar-refractivity contribution is 5.97. The first-order chi connectivity index (χ1) is 12.8. The molecule has 7 heteroatoms. The van der Waals surface area contributed by atoms with Crippen molar-refractivity contribution in [2.24, 2.45) is 11.7 Å². The Morgan fingerprint density at radius 2 is 2.04 bits per heavy atom. The van der Waals surface area contributed by atoms with E-state index < -0.39 is 11.7 Å². The number of benzene rings is 1. The fourth-order valence-electron chi connectivity index (χ4n) is 3.88. The first-order valence-electron chi connectivity index (χ1n) is 8.95. The average Bonchev–Trinajstić information content (AvgIpc) is 2.64. The molecule has 0 fully saturated rings. The van der Waals surface area contributed by atoms with Crippen LogP contribution in [0.3, 0.4) is 0 Å². The number of nitrogens with one attached hydrogen (secondary N) is 1. The summed E-state index contributed by atoms with van der Waals surface area (Å²) < 4.78 is 13.2. The Morgan fingerprint density at radius 3 is 2.59 bits per heavy atom. The number of amides is 2. The van der Waals surface area contributed by atoms with Gasteiger partial charge in [-0.2, -0.15) is 0 Å². The topological polar surface area (TPSA) is 88.3 Å². The molecule has 6 nitrogen and oxygen atoms in total. The van der Waals surface area contributed by atoms with E-state index in [0.717, 1.165) is 23.9 Å². The van der Waals surface area contributed by atoms with Crippen molar-refractivity contribution in [1.29, 1.82) is 0 Å². The molecule has 3 rings (SSSR count). The van der Waals surface area contributed by atoms with Gasteiger partial charge in [-0.3, -0.25) is 9.59 Å². The zero-order valence-electron chi connectivity index (χ0n) is 15.6. The highest BCUT2D eigenvalue weighted by Gasteiger charge is 2.40. The molecule has 2 heterocycles. The molecule has 27 heavy (non-hydrogen) atoms. The summed E-state index contributed by atoms with van der Waals surface area (Å²) in [4.78, 5) is 29.9. The Balaban J connectivity index is 2.12. The van der Waals surface area contributed by atoms with Gasteiger partial charge in [-0.1, -0.05) is 13.8 Å². The maximum Gasteiger partial charge on any atom is 0.248 e.